The van der Waals surface area contributed by atoms with Crippen LogP contribution < -0.4 is 19.7 Å². The van der Waals surface area contributed by atoms with Crippen molar-refractivity contribution in [1.29, 1.82) is 0 Å². The minimum absolute atomic E-state index is 0.666. The van der Waals surface area contributed by atoms with E-state index in [9.17, 15) is 0 Å². The Morgan fingerprint density at radius 1 is 0.920 bits per heavy atom. The third-order valence-electron chi connectivity index (χ3n) is 3.81. The molecule has 0 aliphatic rings. The Hall–Kier alpha value is -3.28. The molecule has 0 amide bonds. The van der Waals surface area contributed by atoms with Crippen LogP contribution in [0.3, 0.4) is 0 Å². The molecule has 3 aromatic rings. The van der Waals surface area contributed by atoms with Gasteiger partial charge in [0, 0.05) is 24.9 Å². The fourth-order valence-corrected chi connectivity index (χ4v) is 2.43. The lowest BCUT2D eigenvalue weighted by atomic mass is 10.2. The zero-order chi connectivity index (χ0) is 17.6. The molecule has 3 rings (SSSR count). The van der Waals surface area contributed by atoms with Gasteiger partial charge in [0.05, 0.1) is 19.9 Å². The summed E-state index contributed by atoms with van der Waals surface area (Å²) in [5.74, 6) is 2.89. The standard InChI is InChI=1S/C19H20N4O2/c1-23(14-7-5-4-6-8-14)19-12-18(20-13-21-19)22-16-11-15(24-2)9-10-17(16)25-3/h4-13H,1-3H3,(H,20,21,22). The van der Waals surface area contributed by atoms with E-state index in [1.54, 1.807) is 14.2 Å². The monoisotopic (exact) mass is 336 g/mol. The molecule has 0 bridgehead atoms. The molecule has 6 heteroatoms. The Kier molecular flexibility index (Phi) is 4.99. The maximum absolute atomic E-state index is 5.39. The van der Waals surface area contributed by atoms with Crippen LogP contribution in [-0.2, 0) is 0 Å². The number of anilines is 4. The van der Waals surface area contributed by atoms with Crippen LogP contribution in [0.15, 0.2) is 60.9 Å². The van der Waals surface area contributed by atoms with Crippen molar-refractivity contribution in [3.05, 3.63) is 60.9 Å². The molecule has 128 valence electrons. The van der Waals surface area contributed by atoms with Crippen molar-refractivity contribution in [3.63, 3.8) is 0 Å². The van der Waals surface area contributed by atoms with Gasteiger partial charge in [0.25, 0.3) is 0 Å². The summed E-state index contributed by atoms with van der Waals surface area (Å²) in [5.41, 5.74) is 1.82. The summed E-state index contributed by atoms with van der Waals surface area (Å²) >= 11 is 0. The summed E-state index contributed by atoms with van der Waals surface area (Å²) in [6.45, 7) is 0. The lowest BCUT2D eigenvalue weighted by molar-refractivity contribution is 0.405. The number of hydrogen-bond acceptors (Lipinski definition) is 6. The fraction of sp³-hybridized carbons (Fsp3) is 0.158. The van der Waals surface area contributed by atoms with Crippen LogP contribution in [-0.4, -0.2) is 31.2 Å². The summed E-state index contributed by atoms with van der Waals surface area (Å²) in [5, 5.41) is 3.26. The predicted molar refractivity (Wildman–Crippen MR) is 99.4 cm³/mol. The van der Waals surface area contributed by atoms with Crippen LogP contribution in [0.5, 0.6) is 11.5 Å². The third kappa shape index (κ3) is 3.80. The summed E-state index contributed by atoms with van der Waals surface area (Å²) in [6.07, 6.45) is 1.53. The van der Waals surface area contributed by atoms with E-state index >= 15 is 0 Å². The van der Waals surface area contributed by atoms with Gasteiger partial charge in [-0.05, 0) is 24.3 Å². The molecule has 0 unspecified atom stereocenters. The highest BCUT2D eigenvalue weighted by molar-refractivity contribution is 5.69. The average molecular weight is 336 g/mol. The molecular formula is C19H20N4O2. The van der Waals surface area contributed by atoms with E-state index in [1.165, 1.54) is 6.33 Å². The van der Waals surface area contributed by atoms with Gasteiger partial charge in [0.1, 0.15) is 29.5 Å². The Morgan fingerprint density at radius 2 is 1.72 bits per heavy atom. The van der Waals surface area contributed by atoms with Gasteiger partial charge < -0.3 is 19.7 Å². The summed E-state index contributed by atoms with van der Waals surface area (Å²) in [4.78, 5) is 10.6. The highest BCUT2D eigenvalue weighted by atomic mass is 16.5. The van der Waals surface area contributed by atoms with Crippen molar-refractivity contribution in [2.45, 2.75) is 0 Å². The Labute approximate surface area is 147 Å². The van der Waals surface area contributed by atoms with E-state index in [1.807, 2.05) is 66.5 Å². The number of para-hydroxylation sites is 1. The second-order valence-corrected chi connectivity index (χ2v) is 5.35. The van der Waals surface area contributed by atoms with Gasteiger partial charge in [0.15, 0.2) is 0 Å². The first-order chi connectivity index (χ1) is 12.2. The number of nitrogens with zero attached hydrogens (tertiary/aromatic N) is 3. The zero-order valence-corrected chi connectivity index (χ0v) is 14.4. The number of benzene rings is 2. The molecule has 1 aromatic heterocycles. The average Bonchev–Trinajstić information content (AvgIpc) is 2.68. The molecule has 0 aliphatic carbocycles. The van der Waals surface area contributed by atoms with Crippen molar-refractivity contribution in [2.75, 3.05) is 31.5 Å². The Bertz CT molecular complexity index is 840. The van der Waals surface area contributed by atoms with Gasteiger partial charge in [0.2, 0.25) is 0 Å². The van der Waals surface area contributed by atoms with Crippen molar-refractivity contribution in [3.8, 4) is 11.5 Å². The van der Waals surface area contributed by atoms with Crippen molar-refractivity contribution >= 4 is 23.0 Å². The number of ether oxygens (including phenoxy) is 2. The van der Waals surface area contributed by atoms with Crippen LogP contribution in [0.1, 0.15) is 0 Å². The van der Waals surface area contributed by atoms with Crippen molar-refractivity contribution in [1.82, 2.24) is 9.97 Å². The van der Waals surface area contributed by atoms with Crippen LogP contribution in [0.2, 0.25) is 0 Å². The highest BCUT2D eigenvalue weighted by Gasteiger charge is 2.09. The smallest absolute Gasteiger partial charge is 0.142 e. The fourth-order valence-electron chi connectivity index (χ4n) is 2.43. The minimum Gasteiger partial charge on any atom is -0.497 e. The van der Waals surface area contributed by atoms with Crippen LogP contribution in [0.4, 0.5) is 23.0 Å². The van der Waals surface area contributed by atoms with Crippen LogP contribution >= 0.6 is 0 Å². The quantitative estimate of drug-likeness (QED) is 0.734. The summed E-state index contributed by atoms with van der Waals surface area (Å²) in [7, 11) is 5.22. The molecule has 0 aliphatic heterocycles. The van der Waals surface area contributed by atoms with E-state index in [0.717, 1.165) is 22.9 Å². The zero-order valence-electron chi connectivity index (χ0n) is 14.4. The lowest BCUT2D eigenvalue weighted by Crippen LogP contribution is -2.11. The number of nitrogens with one attached hydrogen (secondary N) is 1. The molecule has 0 radical (unpaired) electrons. The first-order valence-corrected chi connectivity index (χ1v) is 7.81. The van der Waals surface area contributed by atoms with Gasteiger partial charge in [-0.3, -0.25) is 0 Å². The van der Waals surface area contributed by atoms with Gasteiger partial charge in [-0.25, -0.2) is 9.97 Å². The topological polar surface area (TPSA) is 59.5 Å². The second-order valence-electron chi connectivity index (χ2n) is 5.35. The molecule has 25 heavy (non-hydrogen) atoms. The maximum atomic E-state index is 5.39. The van der Waals surface area contributed by atoms with Crippen LogP contribution in [0.25, 0.3) is 0 Å². The molecule has 0 spiro atoms. The van der Waals surface area contributed by atoms with Gasteiger partial charge >= 0.3 is 0 Å². The summed E-state index contributed by atoms with van der Waals surface area (Å²) in [6, 6.07) is 17.5. The third-order valence-corrected chi connectivity index (χ3v) is 3.81. The van der Waals surface area contributed by atoms with Crippen molar-refractivity contribution < 1.29 is 9.47 Å². The Morgan fingerprint density at radius 3 is 2.44 bits per heavy atom. The van der Waals surface area contributed by atoms with Gasteiger partial charge in [-0.15, -0.1) is 0 Å². The molecule has 0 fully saturated rings. The van der Waals surface area contributed by atoms with E-state index in [0.29, 0.717) is 11.6 Å². The largest absolute Gasteiger partial charge is 0.497 e. The van der Waals surface area contributed by atoms with E-state index in [2.05, 4.69) is 15.3 Å². The first kappa shape index (κ1) is 16.6. The number of methoxy groups -OCH3 is 2. The van der Waals surface area contributed by atoms with E-state index < -0.39 is 0 Å². The van der Waals surface area contributed by atoms with E-state index in [4.69, 9.17) is 9.47 Å². The maximum Gasteiger partial charge on any atom is 0.142 e. The van der Waals surface area contributed by atoms with Gasteiger partial charge in [-0.1, -0.05) is 18.2 Å². The normalized spacial score (nSPS) is 10.2. The minimum atomic E-state index is 0.666. The molecule has 1 heterocycles. The SMILES string of the molecule is COc1ccc(OC)c(Nc2cc(N(C)c3ccccc3)ncn2)c1. The number of aromatic nitrogens is 2. The first-order valence-electron chi connectivity index (χ1n) is 7.81. The Balaban J connectivity index is 1.87. The van der Waals surface area contributed by atoms with Gasteiger partial charge in [-0.2, -0.15) is 0 Å². The molecule has 2 aromatic carbocycles. The lowest BCUT2D eigenvalue weighted by Gasteiger charge is -2.19. The number of hydrogen-bond donors (Lipinski definition) is 1. The highest BCUT2D eigenvalue weighted by Crippen LogP contribution is 2.32. The molecule has 6 nitrogen and oxygen atoms in total. The molecule has 0 atom stereocenters. The molecule has 0 saturated carbocycles. The molecule has 0 saturated heterocycles. The van der Waals surface area contributed by atoms with E-state index in [-0.39, 0.29) is 0 Å². The molecule has 1 N–H and O–H groups in total. The number of rotatable bonds is 6. The van der Waals surface area contributed by atoms with Crippen LogP contribution in [0, 0.1) is 0 Å². The van der Waals surface area contributed by atoms with Crippen molar-refractivity contribution in [2.24, 2.45) is 0 Å². The summed E-state index contributed by atoms with van der Waals surface area (Å²) < 4.78 is 10.7. The second kappa shape index (κ2) is 7.53. The molecular weight excluding hydrogens is 316 g/mol. The predicted octanol–water partition coefficient (Wildman–Crippen LogP) is 4.01.